The third kappa shape index (κ3) is 9.95. The summed E-state index contributed by atoms with van der Waals surface area (Å²) in [5, 5.41) is 24.4. The van der Waals surface area contributed by atoms with Gasteiger partial charge in [0.05, 0.1) is 33.4 Å². The second-order valence-corrected chi connectivity index (χ2v) is 16.6. The van der Waals surface area contributed by atoms with Crippen LogP contribution in [0.25, 0.3) is 22.5 Å². The van der Waals surface area contributed by atoms with Gasteiger partial charge in [0.2, 0.25) is 25.9 Å². The van der Waals surface area contributed by atoms with Crippen LogP contribution in [-0.2, 0) is 39.7 Å². The summed E-state index contributed by atoms with van der Waals surface area (Å²) in [7, 11) is -5.03. The molecule has 0 saturated heterocycles. The Morgan fingerprint density at radius 2 is 1.27 bits per heavy atom. The van der Waals surface area contributed by atoms with E-state index in [9.17, 15) is 13.2 Å². The molecule has 308 valence electrons. The molecule has 0 spiro atoms. The Labute approximate surface area is 341 Å². The normalized spacial score (nSPS) is 11.7. The SMILES string of the molecule is COc1ccc(CN(Cc2ccc(OC)cc2)S(=O)(=O)c2c(S(=O)(=O)NCCNC(=O)O)ccc(-c3ccccc3N)c2-c2nnn(Cc3ccc(OC)cc3)n2)cc1. The summed E-state index contributed by atoms with van der Waals surface area (Å²) < 4.78 is 79.4. The molecular formula is C40H42N8O9S2. The van der Waals surface area contributed by atoms with Gasteiger partial charge in [-0.2, -0.15) is 9.10 Å². The number of rotatable bonds is 18. The first kappa shape index (κ1) is 42.1. The standard InChI is InChI=1S/C40H42N8O9S2/c1-55-30-14-8-27(9-15-30)24-47(25-28-10-16-31(56-2)17-11-28)59(53,54)38-36(58(51,52)43-23-22-42-40(49)50)21-20-34(33-6-4-5-7-35(33)41)37(38)39-44-46-48(45-39)26-29-12-18-32(57-3)19-13-29/h4-21,42-43H,22-26,41H2,1-3H3,(H,49,50). The molecule has 1 heterocycles. The highest BCUT2D eigenvalue weighted by atomic mass is 32.2. The summed E-state index contributed by atoms with van der Waals surface area (Å²) in [6, 6.07) is 30.0. The van der Waals surface area contributed by atoms with Gasteiger partial charge >= 0.3 is 6.09 Å². The molecule has 6 aromatic rings. The van der Waals surface area contributed by atoms with Gasteiger partial charge in [0, 0.05) is 37.4 Å². The van der Waals surface area contributed by atoms with Crippen LogP contribution in [0.5, 0.6) is 17.2 Å². The summed E-state index contributed by atoms with van der Waals surface area (Å²) in [5.74, 6) is 1.54. The summed E-state index contributed by atoms with van der Waals surface area (Å²) in [6.45, 7) is -0.983. The number of hydrogen-bond donors (Lipinski definition) is 4. The lowest BCUT2D eigenvalue weighted by atomic mass is 9.97. The molecular weight excluding hydrogens is 801 g/mol. The number of nitrogens with two attached hydrogens (primary N) is 1. The van der Waals surface area contributed by atoms with Crippen molar-refractivity contribution in [3.05, 3.63) is 126 Å². The van der Waals surface area contributed by atoms with E-state index >= 15 is 8.42 Å². The highest BCUT2D eigenvalue weighted by molar-refractivity contribution is 7.92. The fourth-order valence-electron chi connectivity index (χ4n) is 6.18. The van der Waals surface area contributed by atoms with Crippen LogP contribution in [0.2, 0.25) is 0 Å². The van der Waals surface area contributed by atoms with Gasteiger partial charge in [-0.15, -0.1) is 10.2 Å². The molecule has 0 fully saturated rings. The van der Waals surface area contributed by atoms with Crippen LogP contribution in [0.3, 0.4) is 0 Å². The zero-order valence-electron chi connectivity index (χ0n) is 32.3. The maximum absolute atomic E-state index is 15.7. The molecule has 0 unspecified atom stereocenters. The molecule has 0 saturated carbocycles. The van der Waals surface area contributed by atoms with Crippen LogP contribution in [0, 0.1) is 0 Å². The van der Waals surface area contributed by atoms with Gasteiger partial charge < -0.3 is 30.4 Å². The molecule has 1 aromatic heterocycles. The minimum Gasteiger partial charge on any atom is -0.497 e. The first-order valence-corrected chi connectivity index (χ1v) is 20.9. The Kier molecular flexibility index (Phi) is 13.1. The molecule has 0 aliphatic carbocycles. The summed E-state index contributed by atoms with van der Waals surface area (Å²) in [6.07, 6.45) is -1.36. The van der Waals surface area contributed by atoms with Crippen molar-refractivity contribution in [1.29, 1.82) is 0 Å². The number of anilines is 1. The van der Waals surface area contributed by atoms with Crippen molar-refractivity contribution in [2.24, 2.45) is 0 Å². The molecule has 5 aromatic carbocycles. The Morgan fingerprint density at radius 3 is 1.80 bits per heavy atom. The van der Waals surface area contributed by atoms with E-state index in [1.165, 1.54) is 31.1 Å². The van der Waals surface area contributed by atoms with E-state index < -0.39 is 42.5 Å². The van der Waals surface area contributed by atoms with Crippen LogP contribution in [0.15, 0.2) is 119 Å². The van der Waals surface area contributed by atoms with Crippen molar-refractivity contribution >= 4 is 31.8 Å². The van der Waals surface area contributed by atoms with Crippen LogP contribution in [0.4, 0.5) is 10.5 Å². The number of aromatic nitrogens is 4. The van der Waals surface area contributed by atoms with Gasteiger partial charge in [-0.3, -0.25) is 0 Å². The van der Waals surface area contributed by atoms with Gasteiger partial charge in [-0.05, 0) is 76.0 Å². The summed E-state index contributed by atoms with van der Waals surface area (Å²) in [5.41, 5.74) is 9.09. The molecule has 0 bridgehead atoms. The van der Waals surface area contributed by atoms with Crippen molar-refractivity contribution in [1.82, 2.24) is 34.6 Å². The predicted molar refractivity (Wildman–Crippen MR) is 219 cm³/mol. The Morgan fingerprint density at radius 1 is 0.729 bits per heavy atom. The van der Waals surface area contributed by atoms with Crippen molar-refractivity contribution in [3.63, 3.8) is 0 Å². The number of hydrogen-bond acceptors (Lipinski definition) is 12. The number of benzene rings is 5. The number of amides is 1. The highest BCUT2D eigenvalue weighted by Crippen LogP contribution is 2.42. The largest absolute Gasteiger partial charge is 0.497 e. The Bertz CT molecular complexity index is 2570. The molecule has 1 amide bonds. The van der Waals surface area contributed by atoms with Crippen molar-refractivity contribution < 1.29 is 40.9 Å². The van der Waals surface area contributed by atoms with Crippen molar-refractivity contribution in [2.75, 3.05) is 40.2 Å². The van der Waals surface area contributed by atoms with Crippen molar-refractivity contribution in [3.8, 4) is 39.8 Å². The second-order valence-electron chi connectivity index (χ2n) is 13.0. The number of tetrazole rings is 1. The van der Waals surface area contributed by atoms with E-state index in [1.54, 1.807) is 92.0 Å². The van der Waals surface area contributed by atoms with Crippen LogP contribution in [-0.4, -0.2) is 87.0 Å². The number of sulfonamides is 2. The van der Waals surface area contributed by atoms with Gasteiger partial charge in [-0.25, -0.2) is 26.4 Å². The topological polar surface area (TPSA) is 230 Å². The average molecular weight is 843 g/mol. The zero-order chi connectivity index (χ0) is 42.2. The monoisotopic (exact) mass is 842 g/mol. The lowest BCUT2D eigenvalue weighted by Crippen LogP contribution is -2.36. The number of nitrogen functional groups attached to an aromatic ring is 1. The lowest BCUT2D eigenvalue weighted by molar-refractivity contribution is 0.194. The number of carboxylic acid groups (broad SMARTS) is 1. The number of nitrogens with one attached hydrogen (secondary N) is 2. The molecule has 19 heteroatoms. The Hall–Kier alpha value is -6.54. The molecule has 0 radical (unpaired) electrons. The first-order chi connectivity index (χ1) is 28.3. The minimum absolute atomic E-state index is 0.124. The Balaban J connectivity index is 1.60. The van der Waals surface area contributed by atoms with Gasteiger partial charge in [0.25, 0.3) is 0 Å². The molecule has 6 rings (SSSR count). The molecule has 0 atom stereocenters. The van der Waals surface area contributed by atoms with Gasteiger partial charge in [-0.1, -0.05) is 60.7 Å². The third-order valence-corrected chi connectivity index (χ3v) is 12.7. The second kappa shape index (κ2) is 18.4. The summed E-state index contributed by atoms with van der Waals surface area (Å²) in [4.78, 5) is 11.1. The van der Waals surface area contributed by atoms with Crippen LogP contribution < -0.4 is 30.0 Å². The highest BCUT2D eigenvalue weighted by Gasteiger charge is 2.38. The maximum atomic E-state index is 15.7. The smallest absolute Gasteiger partial charge is 0.404 e. The molecule has 5 N–H and O–H groups in total. The predicted octanol–water partition coefficient (Wildman–Crippen LogP) is 4.60. The number of nitrogens with zero attached hydrogens (tertiary/aromatic N) is 5. The number of ether oxygens (including phenoxy) is 3. The fraction of sp³-hybridized carbons (Fsp3) is 0.200. The van der Waals surface area contributed by atoms with Gasteiger partial charge in [0.1, 0.15) is 27.0 Å². The number of carbonyl (C=O) groups is 1. The first-order valence-electron chi connectivity index (χ1n) is 18.0. The lowest BCUT2D eigenvalue weighted by Gasteiger charge is -2.26. The van der Waals surface area contributed by atoms with E-state index in [0.717, 1.165) is 9.87 Å². The van der Waals surface area contributed by atoms with E-state index in [2.05, 4.69) is 25.4 Å². The number of para-hydroxylation sites is 1. The average Bonchev–Trinajstić information content (AvgIpc) is 3.70. The molecule has 59 heavy (non-hydrogen) atoms. The zero-order valence-corrected chi connectivity index (χ0v) is 33.9. The van der Waals surface area contributed by atoms with Crippen molar-refractivity contribution in [2.45, 2.75) is 29.4 Å². The van der Waals surface area contributed by atoms with Crippen LogP contribution >= 0.6 is 0 Å². The van der Waals surface area contributed by atoms with E-state index in [-0.39, 0.29) is 48.8 Å². The molecule has 0 aliphatic rings. The molecule has 0 aliphatic heterocycles. The summed E-state index contributed by atoms with van der Waals surface area (Å²) >= 11 is 0. The molecule has 17 nitrogen and oxygen atoms in total. The maximum Gasteiger partial charge on any atom is 0.404 e. The van der Waals surface area contributed by atoms with E-state index in [4.69, 9.17) is 25.1 Å². The van der Waals surface area contributed by atoms with E-state index in [1.807, 2.05) is 12.1 Å². The number of methoxy groups -OCH3 is 3. The van der Waals surface area contributed by atoms with Gasteiger partial charge in [0.15, 0.2) is 0 Å². The quantitative estimate of drug-likeness (QED) is 0.0686. The third-order valence-electron chi connectivity index (χ3n) is 9.15. The minimum atomic E-state index is -4.90. The fourth-order valence-corrected chi connectivity index (χ4v) is 9.62. The van der Waals surface area contributed by atoms with Crippen LogP contribution in [0.1, 0.15) is 16.7 Å². The van der Waals surface area contributed by atoms with E-state index in [0.29, 0.717) is 33.9 Å².